The van der Waals surface area contributed by atoms with Crippen LogP contribution >= 0.6 is 0 Å². The number of methoxy groups -OCH3 is 1. The van der Waals surface area contributed by atoms with E-state index in [1.807, 2.05) is 13.8 Å². The van der Waals surface area contributed by atoms with Crippen LogP contribution in [0.4, 0.5) is 5.69 Å². The smallest absolute Gasteiger partial charge is 0.257 e. The quantitative estimate of drug-likeness (QED) is 0.834. The summed E-state index contributed by atoms with van der Waals surface area (Å²) in [7, 11) is 3.43. The van der Waals surface area contributed by atoms with E-state index in [1.54, 1.807) is 37.5 Å². The number of hydrogen-bond acceptors (Lipinski definition) is 4. The van der Waals surface area contributed by atoms with Crippen molar-refractivity contribution in [3.63, 3.8) is 0 Å². The average Bonchev–Trinajstić information content (AvgIpc) is 2.39. The van der Waals surface area contributed by atoms with Gasteiger partial charge in [0.15, 0.2) is 0 Å². The number of carbonyl (C=O) groups is 1. The number of ether oxygens (including phenoxy) is 1. The fourth-order valence-corrected chi connectivity index (χ4v) is 1.92. The van der Waals surface area contributed by atoms with Crippen LogP contribution in [0.25, 0.3) is 0 Å². The van der Waals surface area contributed by atoms with E-state index >= 15 is 0 Å². The van der Waals surface area contributed by atoms with Crippen LogP contribution in [0.15, 0.2) is 18.5 Å². The lowest BCUT2D eigenvalue weighted by atomic mass is 10.1. The number of nitrogens with one attached hydrogen (secondary N) is 1. The number of rotatable bonds is 6. The monoisotopic (exact) mass is 251 g/mol. The first kappa shape index (κ1) is 14.4. The van der Waals surface area contributed by atoms with E-state index in [-0.39, 0.29) is 11.9 Å². The Hall–Kier alpha value is -1.62. The minimum Gasteiger partial charge on any atom is -0.387 e. The zero-order valence-electron chi connectivity index (χ0n) is 11.4. The second kappa shape index (κ2) is 6.96. The van der Waals surface area contributed by atoms with Crippen molar-refractivity contribution in [1.29, 1.82) is 0 Å². The summed E-state index contributed by atoms with van der Waals surface area (Å²) in [4.78, 5) is 18.3. The van der Waals surface area contributed by atoms with Crippen LogP contribution in [0.1, 0.15) is 24.2 Å². The Morgan fingerprint density at radius 2 is 2.33 bits per heavy atom. The van der Waals surface area contributed by atoms with Crippen LogP contribution in [0.3, 0.4) is 0 Å². The number of hydrogen-bond donors (Lipinski definition) is 1. The minimum absolute atomic E-state index is 0.0282. The van der Waals surface area contributed by atoms with Crippen LogP contribution in [0.5, 0.6) is 0 Å². The molecule has 1 rings (SSSR count). The Morgan fingerprint density at radius 3 is 2.89 bits per heavy atom. The molecule has 0 aromatic carbocycles. The number of likely N-dealkylation sites (N-methyl/N-ethyl adjacent to an activating group) is 1. The minimum atomic E-state index is -0.0282. The van der Waals surface area contributed by atoms with Gasteiger partial charge in [0.25, 0.3) is 5.91 Å². The molecular weight excluding hydrogens is 230 g/mol. The van der Waals surface area contributed by atoms with Crippen LogP contribution in [0, 0.1) is 0 Å². The predicted molar refractivity (Wildman–Crippen MR) is 71.8 cm³/mol. The van der Waals surface area contributed by atoms with Crippen molar-refractivity contribution < 1.29 is 9.53 Å². The first-order chi connectivity index (χ1) is 8.65. The highest BCUT2D eigenvalue weighted by molar-refractivity contribution is 5.99. The molecule has 1 aromatic heterocycles. The Labute approximate surface area is 108 Å². The standard InChI is InChI=1S/C13H21N3O2/c1-5-16(10(2)9-18-4)13(17)11-8-15-7-6-12(11)14-3/h6-8,10H,5,9H2,1-4H3,(H,14,15). The lowest BCUT2D eigenvalue weighted by Gasteiger charge is -2.28. The second-order valence-corrected chi connectivity index (χ2v) is 4.07. The summed E-state index contributed by atoms with van der Waals surface area (Å²) in [5.74, 6) is -0.0282. The summed E-state index contributed by atoms with van der Waals surface area (Å²) in [6.45, 7) is 5.09. The zero-order chi connectivity index (χ0) is 13.5. The van der Waals surface area contributed by atoms with Gasteiger partial charge in [-0.3, -0.25) is 9.78 Å². The molecule has 1 unspecified atom stereocenters. The molecule has 0 saturated carbocycles. The van der Waals surface area contributed by atoms with Gasteiger partial charge in [-0.2, -0.15) is 0 Å². The van der Waals surface area contributed by atoms with Crippen molar-refractivity contribution >= 4 is 11.6 Å². The molecule has 1 heterocycles. The lowest BCUT2D eigenvalue weighted by molar-refractivity contribution is 0.0580. The summed E-state index contributed by atoms with van der Waals surface area (Å²) in [6.07, 6.45) is 3.26. The highest BCUT2D eigenvalue weighted by atomic mass is 16.5. The molecule has 0 fully saturated rings. The van der Waals surface area contributed by atoms with E-state index < -0.39 is 0 Å². The fourth-order valence-electron chi connectivity index (χ4n) is 1.92. The van der Waals surface area contributed by atoms with Crippen molar-refractivity contribution in [3.8, 4) is 0 Å². The molecule has 0 radical (unpaired) electrons. The summed E-state index contributed by atoms with van der Waals surface area (Å²) < 4.78 is 5.10. The van der Waals surface area contributed by atoms with Gasteiger partial charge in [-0.05, 0) is 19.9 Å². The van der Waals surface area contributed by atoms with Gasteiger partial charge in [-0.1, -0.05) is 0 Å². The molecule has 1 aromatic rings. The molecule has 100 valence electrons. The SMILES string of the molecule is CCN(C(=O)c1cnccc1NC)C(C)COC. The van der Waals surface area contributed by atoms with E-state index in [4.69, 9.17) is 4.74 Å². The number of carbonyl (C=O) groups excluding carboxylic acids is 1. The molecule has 0 spiro atoms. The van der Waals surface area contributed by atoms with Crippen molar-refractivity contribution in [3.05, 3.63) is 24.0 Å². The van der Waals surface area contributed by atoms with Gasteiger partial charge < -0.3 is 15.0 Å². The molecule has 18 heavy (non-hydrogen) atoms. The molecule has 0 aliphatic carbocycles. The average molecular weight is 251 g/mol. The molecule has 5 nitrogen and oxygen atoms in total. The molecule has 1 atom stereocenters. The topological polar surface area (TPSA) is 54.5 Å². The normalized spacial score (nSPS) is 12.0. The largest absolute Gasteiger partial charge is 0.387 e. The summed E-state index contributed by atoms with van der Waals surface area (Å²) in [5, 5.41) is 3.01. The molecule has 0 saturated heterocycles. The molecule has 1 N–H and O–H groups in total. The molecule has 1 amide bonds. The van der Waals surface area contributed by atoms with Gasteiger partial charge >= 0.3 is 0 Å². The number of aromatic nitrogens is 1. The number of anilines is 1. The number of pyridine rings is 1. The number of nitrogens with zero attached hydrogens (tertiary/aromatic N) is 2. The maximum atomic E-state index is 12.5. The zero-order valence-corrected chi connectivity index (χ0v) is 11.4. The molecule has 5 heteroatoms. The van der Waals surface area contributed by atoms with Crippen LogP contribution in [-0.4, -0.2) is 49.1 Å². The first-order valence-electron chi connectivity index (χ1n) is 6.07. The third kappa shape index (κ3) is 3.20. The maximum absolute atomic E-state index is 12.5. The Bertz CT molecular complexity index is 396. The van der Waals surface area contributed by atoms with Crippen molar-refractivity contribution in [2.24, 2.45) is 0 Å². The third-order valence-electron chi connectivity index (χ3n) is 2.86. The van der Waals surface area contributed by atoms with Crippen molar-refractivity contribution in [2.45, 2.75) is 19.9 Å². The van der Waals surface area contributed by atoms with Crippen molar-refractivity contribution in [2.75, 3.05) is 32.6 Å². The van der Waals surface area contributed by atoms with Gasteiger partial charge in [-0.15, -0.1) is 0 Å². The van der Waals surface area contributed by atoms with Gasteiger partial charge in [0.1, 0.15) is 0 Å². The molecule has 0 bridgehead atoms. The summed E-state index contributed by atoms with van der Waals surface area (Å²) >= 11 is 0. The van der Waals surface area contributed by atoms with Crippen LogP contribution in [0.2, 0.25) is 0 Å². The summed E-state index contributed by atoms with van der Waals surface area (Å²) in [5.41, 5.74) is 1.38. The maximum Gasteiger partial charge on any atom is 0.257 e. The van der Waals surface area contributed by atoms with E-state index in [1.165, 1.54) is 0 Å². The molecule has 0 aliphatic heterocycles. The van der Waals surface area contributed by atoms with Crippen LogP contribution in [-0.2, 0) is 4.74 Å². The first-order valence-corrected chi connectivity index (χ1v) is 6.07. The molecule has 0 aliphatic rings. The molecular formula is C13H21N3O2. The Morgan fingerprint density at radius 1 is 1.61 bits per heavy atom. The van der Waals surface area contributed by atoms with Gasteiger partial charge in [-0.25, -0.2) is 0 Å². The van der Waals surface area contributed by atoms with Crippen molar-refractivity contribution in [1.82, 2.24) is 9.88 Å². The van der Waals surface area contributed by atoms with E-state index in [0.717, 1.165) is 5.69 Å². The Kier molecular flexibility index (Phi) is 5.58. The summed E-state index contributed by atoms with van der Waals surface area (Å²) in [6, 6.07) is 1.83. The lowest BCUT2D eigenvalue weighted by Crippen LogP contribution is -2.41. The van der Waals surface area contributed by atoms with Gasteiger partial charge in [0, 0.05) is 38.8 Å². The van der Waals surface area contributed by atoms with E-state index in [9.17, 15) is 4.79 Å². The highest BCUT2D eigenvalue weighted by Crippen LogP contribution is 2.16. The second-order valence-electron chi connectivity index (χ2n) is 4.07. The highest BCUT2D eigenvalue weighted by Gasteiger charge is 2.22. The van der Waals surface area contributed by atoms with Gasteiger partial charge in [0.2, 0.25) is 0 Å². The van der Waals surface area contributed by atoms with E-state index in [2.05, 4.69) is 10.3 Å². The Balaban J connectivity index is 2.96. The van der Waals surface area contributed by atoms with Crippen LogP contribution < -0.4 is 5.32 Å². The van der Waals surface area contributed by atoms with Gasteiger partial charge in [0.05, 0.1) is 18.2 Å². The third-order valence-corrected chi connectivity index (χ3v) is 2.86. The number of amides is 1. The predicted octanol–water partition coefficient (Wildman–Crippen LogP) is 1.62. The fraction of sp³-hybridized carbons (Fsp3) is 0.538. The van der Waals surface area contributed by atoms with E-state index in [0.29, 0.717) is 18.7 Å².